The number of sulfonamides is 1. The lowest BCUT2D eigenvalue weighted by Crippen LogP contribution is -2.42. The van der Waals surface area contributed by atoms with Crippen LogP contribution in [0, 0.1) is 17.0 Å². The first-order chi connectivity index (χ1) is 11.9. The van der Waals surface area contributed by atoms with E-state index in [-0.39, 0.29) is 30.3 Å². The van der Waals surface area contributed by atoms with E-state index in [0.717, 1.165) is 11.1 Å². The number of rotatable bonds is 4. The molecule has 1 heterocycles. The Morgan fingerprint density at radius 2 is 1.76 bits per heavy atom. The molecule has 0 spiro atoms. The zero-order valence-electron chi connectivity index (χ0n) is 13.7. The molecule has 0 bridgehead atoms. The van der Waals surface area contributed by atoms with Crippen molar-refractivity contribution in [3.63, 3.8) is 0 Å². The van der Waals surface area contributed by atoms with Crippen molar-refractivity contribution in [2.75, 3.05) is 19.7 Å². The molecule has 1 fully saturated rings. The quantitative estimate of drug-likeness (QED) is 0.616. The zero-order chi connectivity index (χ0) is 18.0. The van der Waals surface area contributed by atoms with Crippen molar-refractivity contribution < 1.29 is 18.1 Å². The Morgan fingerprint density at radius 1 is 1.12 bits per heavy atom. The lowest BCUT2D eigenvalue weighted by molar-refractivity contribution is -0.384. The topological polar surface area (TPSA) is 89.8 Å². The van der Waals surface area contributed by atoms with Gasteiger partial charge in [0.25, 0.3) is 5.69 Å². The molecule has 1 unspecified atom stereocenters. The summed E-state index contributed by atoms with van der Waals surface area (Å²) >= 11 is 0. The molecule has 0 aromatic heterocycles. The van der Waals surface area contributed by atoms with Crippen LogP contribution in [-0.2, 0) is 14.8 Å². The molecule has 0 radical (unpaired) electrons. The number of morpholine rings is 1. The van der Waals surface area contributed by atoms with Gasteiger partial charge in [-0.25, -0.2) is 8.42 Å². The van der Waals surface area contributed by atoms with Crippen LogP contribution < -0.4 is 0 Å². The minimum atomic E-state index is -3.60. The number of benzene rings is 2. The molecular weight excluding hydrogens is 344 g/mol. The molecule has 0 aliphatic carbocycles. The largest absolute Gasteiger partial charge is 0.371 e. The number of nitro groups is 1. The summed E-state index contributed by atoms with van der Waals surface area (Å²) in [6.07, 6.45) is -0.449. The van der Waals surface area contributed by atoms with Gasteiger partial charge in [0.05, 0.1) is 22.5 Å². The van der Waals surface area contributed by atoms with E-state index in [4.69, 9.17) is 4.74 Å². The first-order valence-corrected chi connectivity index (χ1v) is 9.25. The van der Waals surface area contributed by atoms with E-state index in [1.807, 2.05) is 6.92 Å². The van der Waals surface area contributed by atoms with Crippen LogP contribution in [0.2, 0.25) is 0 Å². The van der Waals surface area contributed by atoms with Crippen LogP contribution in [0.1, 0.15) is 17.2 Å². The van der Waals surface area contributed by atoms with E-state index in [9.17, 15) is 18.5 Å². The summed E-state index contributed by atoms with van der Waals surface area (Å²) in [6.45, 7) is 2.62. The number of hydrogen-bond donors (Lipinski definition) is 0. The van der Waals surface area contributed by atoms with E-state index in [1.54, 1.807) is 36.4 Å². The van der Waals surface area contributed by atoms with Crippen molar-refractivity contribution in [2.45, 2.75) is 17.9 Å². The molecule has 132 valence electrons. The molecule has 1 aliphatic heterocycles. The predicted molar refractivity (Wildman–Crippen MR) is 91.7 cm³/mol. The fourth-order valence-electron chi connectivity index (χ4n) is 2.72. The summed E-state index contributed by atoms with van der Waals surface area (Å²) < 4.78 is 32.7. The number of ether oxygens (including phenoxy) is 1. The Kier molecular flexibility index (Phi) is 4.85. The Labute approximate surface area is 146 Å². The summed E-state index contributed by atoms with van der Waals surface area (Å²) in [7, 11) is -3.60. The lowest BCUT2D eigenvalue weighted by Gasteiger charge is -2.32. The van der Waals surface area contributed by atoms with Crippen LogP contribution in [0.4, 0.5) is 5.69 Å². The third-order valence-corrected chi connectivity index (χ3v) is 6.04. The Hall–Kier alpha value is -2.29. The first kappa shape index (κ1) is 17.5. The molecule has 3 rings (SSSR count). The Bertz CT molecular complexity index is 863. The van der Waals surface area contributed by atoms with E-state index in [0.29, 0.717) is 0 Å². The molecule has 1 saturated heterocycles. The minimum absolute atomic E-state index is 0.0105. The van der Waals surface area contributed by atoms with Gasteiger partial charge in [0, 0.05) is 25.2 Å². The third kappa shape index (κ3) is 3.71. The predicted octanol–water partition coefficient (Wildman–Crippen LogP) is 2.67. The number of non-ortho nitro benzene ring substituents is 1. The number of nitro benzene ring substituents is 1. The normalized spacial score (nSPS) is 18.8. The van der Waals surface area contributed by atoms with Gasteiger partial charge in [0.2, 0.25) is 10.0 Å². The molecule has 25 heavy (non-hydrogen) atoms. The highest BCUT2D eigenvalue weighted by molar-refractivity contribution is 7.89. The molecule has 8 heteroatoms. The van der Waals surface area contributed by atoms with Crippen molar-refractivity contribution in [2.24, 2.45) is 0 Å². The molecule has 0 amide bonds. The number of nitrogens with zero attached hydrogens (tertiary/aromatic N) is 2. The summed E-state index contributed by atoms with van der Waals surface area (Å²) in [5.41, 5.74) is 1.70. The molecular formula is C17H18N2O5S. The number of hydrogen-bond acceptors (Lipinski definition) is 5. The highest BCUT2D eigenvalue weighted by Gasteiger charge is 2.31. The lowest BCUT2D eigenvalue weighted by atomic mass is 10.1. The first-order valence-electron chi connectivity index (χ1n) is 7.81. The summed E-state index contributed by atoms with van der Waals surface area (Å²) in [6, 6.07) is 12.7. The molecule has 2 aromatic rings. The fourth-order valence-corrected chi connectivity index (χ4v) is 4.14. The molecule has 1 atom stereocenters. The van der Waals surface area contributed by atoms with E-state index < -0.39 is 21.1 Å². The highest BCUT2D eigenvalue weighted by Crippen LogP contribution is 2.27. The van der Waals surface area contributed by atoms with Gasteiger partial charge in [-0.3, -0.25) is 10.1 Å². The summed E-state index contributed by atoms with van der Waals surface area (Å²) in [4.78, 5) is 10.5. The second-order valence-electron chi connectivity index (χ2n) is 5.88. The van der Waals surface area contributed by atoms with Crippen LogP contribution >= 0.6 is 0 Å². The van der Waals surface area contributed by atoms with E-state index >= 15 is 0 Å². The molecule has 0 saturated carbocycles. The van der Waals surface area contributed by atoms with Gasteiger partial charge < -0.3 is 4.74 Å². The van der Waals surface area contributed by atoms with Crippen molar-refractivity contribution >= 4 is 15.7 Å². The summed E-state index contributed by atoms with van der Waals surface area (Å²) in [5, 5.41) is 10.7. The summed E-state index contributed by atoms with van der Waals surface area (Å²) in [5.74, 6) is 0. The molecule has 1 aliphatic rings. The van der Waals surface area contributed by atoms with Gasteiger partial charge in [0.1, 0.15) is 0 Å². The van der Waals surface area contributed by atoms with Crippen LogP contribution in [0.25, 0.3) is 0 Å². The van der Waals surface area contributed by atoms with Gasteiger partial charge in [0.15, 0.2) is 0 Å². The monoisotopic (exact) mass is 362 g/mol. The van der Waals surface area contributed by atoms with Gasteiger partial charge in [-0.2, -0.15) is 4.31 Å². The third-order valence-electron chi connectivity index (χ3n) is 4.16. The van der Waals surface area contributed by atoms with Crippen LogP contribution in [0.5, 0.6) is 0 Å². The maximum absolute atomic E-state index is 12.8. The van der Waals surface area contributed by atoms with Gasteiger partial charge in [-0.05, 0) is 36.8 Å². The Morgan fingerprint density at radius 3 is 2.36 bits per heavy atom. The van der Waals surface area contributed by atoms with Crippen LogP contribution in [0.15, 0.2) is 53.4 Å². The van der Waals surface area contributed by atoms with Crippen molar-refractivity contribution in [1.82, 2.24) is 4.31 Å². The van der Waals surface area contributed by atoms with Gasteiger partial charge in [-0.15, -0.1) is 0 Å². The highest BCUT2D eigenvalue weighted by atomic mass is 32.2. The Balaban J connectivity index is 1.80. The van der Waals surface area contributed by atoms with E-state index in [2.05, 4.69) is 0 Å². The average Bonchev–Trinajstić information content (AvgIpc) is 2.62. The maximum Gasteiger partial charge on any atom is 0.269 e. The van der Waals surface area contributed by atoms with Crippen LogP contribution in [-0.4, -0.2) is 37.3 Å². The second-order valence-corrected chi connectivity index (χ2v) is 7.82. The fraction of sp³-hybridized carbons (Fsp3) is 0.294. The second kappa shape index (κ2) is 6.91. The van der Waals surface area contributed by atoms with Gasteiger partial charge >= 0.3 is 0 Å². The molecule has 7 nitrogen and oxygen atoms in total. The van der Waals surface area contributed by atoms with Crippen molar-refractivity contribution in [1.29, 1.82) is 0 Å². The van der Waals surface area contributed by atoms with Crippen molar-refractivity contribution in [3.8, 4) is 0 Å². The zero-order valence-corrected chi connectivity index (χ0v) is 14.5. The number of aryl methyl sites for hydroxylation is 1. The van der Waals surface area contributed by atoms with E-state index in [1.165, 1.54) is 16.4 Å². The molecule has 2 aromatic carbocycles. The van der Waals surface area contributed by atoms with Gasteiger partial charge in [-0.1, -0.05) is 17.7 Å². The minimum Gasteiger partial charge on any atom is -0.371 e. The average molecular weight is 362 g/mol. The SMILES string of the molecule is Cc1ccc(S(=O)(=O)N2CCOC(c3ccc([N+](=O)[O-])cc3)C2)cc1. The molecule has 0 N–H and O–H groups in total. The van der Waals surface area contributed by atoms with Crippen molar-refractivity contribution in [3.05, 3.63) is 69.8 Å². The maximum atomic E-state index is 12.8. The standard InChI is InChI=1S/C17H18N2O5S/c1-13-2-8-16(9-3-13)25(22,23)18-10-11-24-17(12-18)14-4-6-15(7-5-14)19(20)21/h2-9,17H,10-12H2,1H3. The smallest absolute Gasteiger partial charge is 0.269 e. The van der Waals surface area contributed by atoms with Crippen LogP contribution in [0.3, 0.4) is 0 Å².